The first kappa shape index (κ1) is 14.3. The van der Waals surface area contributed by atoms with Crippen LogP contribution in [0.3, 0.4) is 0 Å². The van der Waals surface area contributed by atoms with Gasteiger partial charge in [-0.2, -0.15) is 13.2 Å². The van der Waals surface area contributed by atoms with E-state index in [0.717, 1.165) is 17.7 Å². The molecule has 1 aromatic rings. The van der Waals surface area contributed by atoms with E-state index in [9.17, 15) is 13.2 Å². The Kier molecular flexibility index (Phi) is 4.44. The van der Waals surface area contributed by atoms with E-state index in [0.29, 0.717) is 26.2 Å². The highest BCUT2D eigenvalue weighted by atomic mass is 19.4. The zero-order chi connectivity index (χ0) is 13.9. The van der Waals surface area contributed by atoms with Crippen LogP contribution in [0.2, 0.25) is 0 Å². The summed E-state index contributed by atoms with van der Waals surface area (Å²) in [4.78, 5) is 0. The highest BCUT2D eigenvalue weighted by Gasteiger charge is 2.30. The zero-order valence-electron chi connectivity index (χ0n) is 10.3. The quantitative estimate of drug-likeness (QED) is 0.917. The van der Waals surface area contributed by atoms with Gasteiger partial charge in [0, 0.05) is 6.04 Å². The van der Waals surface area contributed by atoms with Gasteiger partial charge < -0.3 is 15.2 Å². The van der Waals surface area contributed by atoms with Gasteiger partial charge in [-0.05, 0) is 24.1 Å². The van der Waals surface area contributed by atoms with E-state index in [1.54, 1.807) is 0 Å². The Morgan fingerprint density at radius 2 is 1.89 bits per heavy atom. The second-order valence-corrected chi connectivity index (χ2v) is 4.55. The van der Waals surface area contributed by atoms with Crippen molar-refractivity contribution >= 4 is 0 Å². The summed E-state index contributed by atoms with van der Waals surface area (Å²) < 4.78 is 47.9. The molecule has 0 bridgehead atoms. The lowest BCUT2D eigenvalue weighted by molar-refractivity contribution is -0.137. The van der Waals surface area contributed by atoms with Gasteiger partial charge in [0.05, 0.1) is 31.5 Å². The topological polar surface area (TPSA) is 44.5 Å². The van der Waals surface area contributed by atoms with Crippen LogP contribution in [0.25, 0.3) is 0 Å². The Balaban J connectivity index is 1.95. The number of rotatable bonds is 3. The average Bonchev–Trinajstić information content (AvgIpc) is 2.39. The summed E-state index contributed by atoms with van der Waals surface area (Å²) in [6.07, 6.45) is -4.04. The normalized spacial score (nSPS) is 22.2. The maximum atomic E-state index is 12.4. The van der Waals surface area contributed by atoms with Crippen molar-refractivity contribution in [3.63, 3.8) is 0 Å². The molecule has 19 heavy (non-hydrogen) atoms. The predicted octanol–water partition coefficient (Wildman–Crippen LogP) is 1.99. The SMILES string of the molecule is NC(Cc1ccc(C(F)(F)F)cc1)C1COCCO1. The summed E-state index contributed by atoms with van der Waals surface area (Å²) >= 11 is 0. The van der Waals surface area contributed by atoms with E-state index in [4.69, 9.17) is 15.2 Å². The minimum absolute atomic E-state index is 0.198. The fraction of sp³-hybridized carbons (Fsp3) is 0.538. The minimum atomic E-state index is -4.30. The van der Waals surface area contributed by atoms with Crippen LogP contribution in [0.5, 0.6) is 0 Å². The summed E-state index contributed by atoms with van der Waals surface area (Å²) in [5.74, 6) is 0. The third-order valence-corrected chi connectivity index (χ3v) is 3.07. The van der Waals surface area contributed by atoms with Crippen molar-refractivity contribution in [2.24, 2.45) is 5.73 Å². The molecule has 3 nitrogen and oxygen atoms in total. The molecule has 106 valence electrons. The van der Waals surface area contributed by atoms with Gasteiger partial charge in [0.15, 0.2) is 0 Å². The molecule has 1 aliphatic rings. The van der Waals surface area contributed by atoms with Crippen molar-refractivity contribution in [3.05, 3.63) is 35.4 Å². The van der Waals surface area contributed by atoms with E-state index in [1.807, 2.05) is 0 Å². The molecule has 1 saturated heterocycles. The molecule has 1 aromatic carbocycles. The average molecular weight is 275 g/mol. The molecule has 0 aromatic heterocycles. The first-order valence-corrected chi connectivity index (χ1v) is 6.08. The smallest absolute Gasteiger partial charge is 0.376 e. The third-order valence-electron chi connectivity index (χ3n) is 3.07. The molecule has 2 unspecified atom stereocenters. The summed E-state index contributed by atoms with van der Waals surface area (Å²) in [5, 5.41) is 0. The molecule has 1 fully saturated rings. The molecular weight excluding hydrogens is 259 g/mol. The van der Waals surface area contributed by atoms with E-state index >= 15 is 0 Å². The van der Waals surface area contributed by atoms with Crippen LogP contribution in [-0.4, -0.2) is 32.0 Å². The number of benzene rings is 1. The number of hydrogen-bond donors (Lipinski definition) is 1. The lowest BCUT2D eigenvalue weighted by Gasteiger charge is -2.28. The fourth-order valence-electron chi connectivity index (χ4n) is 1.99. The second kappa shape index (κ2) is 5.90. The van der Waals surface area contributed by atoms with Crippen LogP contribution in [0.4, 0.5) is 13.2 Å². The van der Waals surface area contributed by atoms with Crippen molar-refractivity contribution in [1.29, 1.82) is 0 Å². The molecule has 0 spiro atoms. The van der Waals surface area contributed by atoms with Gasteiger partial charge in [0.2, 0.25) is 0 Å². The molecule has 6 heteroatoms. The molecule has 0 amide bonds. The summed E-state index contributed by atoms with van der Waals surface area (Å²) in [5.41, 5.74) is 6.09. The van der Waals surface area contributed by atoms with Crippen LogP contribution >= 0.6 is 0 Å². The van der Waals surface area contributed by atoms with E-state index in [1.165, 1.54) is 12.1 Å². The number of hydrogen-bond acceptors (Lipinski definition) is 3. The van der Waals surface area contributed by atoms with Crippen molar-refractivity contribution < 1.29 is 22.6 Å². The van der Waals surface area contributed by atoms with E-state index < -0.39 is 11.7 Å². The third kappa shape index (κ3) is 3.92. The van der Waals surface area contributed by atoms with Crippen LogP contribution < -0.4 is 5.73 Å². The van der Waals surface area contributed by atoms with Gasteiger partial charge in [-0.25, -0.2) is 0 Å². The largest absolute Gasteiger partial charge is 0.416 e. The first-order valence-electron chi connectivity index (χ1n) is 6.08. The number of nitrogens with two attached hydrogens (primary N) is 1. The number of halogens is 3. The van der Waals surface area contributed by atoms with Crippen molar-refractivity contribution in [1.82, 2.24) is 0 Å². The summed E-state index contributed by atoms with van der Waals surface area (Å²) in [7, 11) is 0. The van der Waals surface area contributed by atoms with Crippen LogP contribution in [0.1, 0.15) is 11.1 Å². The molecule has 0 radical (unpaired) electrons. The molecule has 2 atom stereocenters. The van der Waals surface area contributed by atoms with Crippen molar-refractivity contribution in [2.45, 2.75) is 24.7 Å². The molecule has 2 N–H and O–H groups in total. The Labute approximate surface area is 109 Å². The maximum Gasteiger partial charge on any atom is 0.416 e. The lowest BCUT2D eigenvalue weighted by atomic mass is 10.0. The second-order valence-electron chi connectivity index (χ2n) is 4.55. The van der Waals surface area contributed by atoms with Crippen LogP contribution in [-0.2, 0) is 22.1 Å². The first-order chi connectivity index (χ1) is 8.97. The van der Waals surface area contributed by atoms with Gasteiger partial charge >= 0.3 is 6.18 Å². The van der Waals surface area contributed by atoms with Crippen LogP contribution in [0.15, 0.2) is 24.3 Å². The standard InChI is InChI=1S/C13H16F3NO2/c14-13(15,16)10-3-1-9(2-4-10)7-11(17)12-8-18-5-6-19-12/h1-4,11-12H,5-8,17H2. The predicted molar refractivity (Wildman–Crippen MR) is 63.7 cm³/mol. The summed E-state index contributed by atoms with van der Waals surface area (Å²) in [6.45, 7) is 1.50. The van der Waals surface area contributed by atoms with Crippen molar-refractivity contribution in [2.75, 3.05) is 19.8 Å². The van der Waals surface area contributed by atoms with Crippen molar-refractivity contribution in [3.8, 4) is 0 Å². The summed E-state index contributed by atoms with van der Waals surface area (Å²) in [6, 6.07) is 4.76. The molecule has 2 rings (SSSR count). The van der Waals surface area contributed by atoms with E-state index in [2.05, 4.69) is 0 Å². The minimum Gasteiger partial charge on any atom is -0.376 e. The number of alkyl halides is 3. The van der Waals surface area contributed by atoms with Crippen LogP contribution in [0, 0.1) is 0 Å². The molecule has 0 aliphatic carbocycles. The Morgan fingerprint density at radius 1 is 1.21 bits per heavy atom. The maximum absolute atomic E-state index is 12.4. The highest BCUT2D eigenvalue weighted by Crippen LogP contribution is 2.29. The van der Waals surface area contributed by atoms with E-state index in [-0.39, 0.29) is 12.1 Å². The Hall–Kier alpha value is -1.11. The highest BCUT2D eigenvalue weighted by molar-refractivity contribution is 5.25. The molecule has 1 aliphatic heterocycles. The molecular formula is C13H16F3NO2. The fourth-order valence-corrected chi connectivity index (χ4v) is 1.99. The molecule has 1 heterocycles. The lowest BCUT2D eigenvalue weighted by Crippen LogP contribution is -2.44. The van der Waals surface area contributed by atoms with Gasteiger partial charge in [-0.3, -0.25) is 0 Å². The van der Waals surface area contributed by atoms with Gasteiger partial charge in [-0.1, -0.05) is 12.1 Å². The van der Waals surface area contributed by atoms with Gasteiger partial charge in [0.25, 0.3) is 0 Å². The van der Waals surface area contributed by atoms with Gasteiger partial charge in [0.1, 0.15) is 0 Å². The van der Waals surface area contributed by atoms with Gasteiger partial charge in [-0.15, -0.1) is 0 Å². The monoisotopic (exact) mass is 275 g/mol. The number of ether oxygens (including phenoxy) is 2. The molecule has 0 saturated carbocycles. The zero-order valence-corrected chi connectivity index (χ0v) is 10.3. The Bertz CT molecular complexity index is 399. The Morgan fingerprint density at radius 3 is 2.42 bits per heavy atom.